The molecule has 1 amide bonds. The van der Waals surface area contributed by atoms with E-state index in [9.17, 15) is 4.79 Å². The van der Waals surface area contributed by atoms with Crippen molar-refractivity contribution < 1.29 is 14.3 Å². The lowest BCUT2D eigenvalue weighted by Gasteiger charge is -2.13. The van der Waals surface area contributed by atoms with Crippen LogP contribution in [0.15, 0.2) is 42.1 Å². The Morgan fingerprint density at radius 2 is 1.97 bits per heavy atom. The monoisotopic (exact) mass is 444 g/mol. The number of hydrogen-bond acceptors (Lipinski definition) is 4. The van der Waals surface area contributed by atoms with Gasteiger partial charge in [0.15, 0.2) is 5.11 Å². The van der Waals surface area contributed by atoms with Gasteiger partial charge in [-0.2, -0.15) is 0 Å². The Hall–Kier alpha value is -2.57. The van der Waals surface area contributed by atoms with Gasteiger partial charge in [0.25, 0.3) is 5.91 Å². The summed E-state index contributed by atoms with van der Waals surface area (Å²) in [5, 5.41) is 4.15. The summed E-state index contributed by atoms with van der Waals surface area (Å²) in [6.45, 7) is 4.98. The summed E-state index contributed by atoms with van der Waals surface area (Å²) in [5.41, 5.74) is 3.16. The first-order chi connectivity index (χ1) is 14.4. The normalized spacial score (nSPS) is 14.9. The summed E-state index contributed by atoms with van der Waals surface area (Å²) in [7, 11) is 1.62. The second kappa shape index (κ2) is 9.96. The van der Waals surface area contributed by atoms with Crippen LogP contribution < -0.4 is 14.8 Å². The molecule has 2 aromatic carbocycles. The van der Waals surface area contributed by atoms with E-state index in [1.54, 1.807) is 24.2 Å². The molecular weight excluding hydrogens is 420 g/mol. The molecule has 30 heavy (non-hydrogen) atoms. The molecule has 5 nitrogen and oxygen atoms in total. The predicted octanol–water partition coefficient (Wildman–Crippen LogP) is 5.09. The van der Waals surface area contributed by atoms with Crippen LogP contribution in [0.5, 0.6) is 11.5 Å². The second-order valence-electron chi connectivity index (χ2n) is 7.07. The van der Waals surface area contributed by atoms with E-state index in [1.807, 2.05) is 37.3 Å². The summed E-state index contributed by atoms with van der Waals surface area (Å²) in [4.78, 5) is 14.3. The third-order valence-corrected chi connectivity index (χ3v) is 5.39. The Morgan fingerprint density at radius 1 is 1.20 bits per heavy atom. The van der Waals surface area contributed by atoms with Crippen LogP contribution in [0.4, 0.5) is 0 Å². The summed E-state index contributed by atoms with van der Waals surface area (Å²) in [6.07, 6.45) is 3.71. The fourth-order valence-corrected chi connectivity index (χ4v) is 3.70. The first kappa shape index (κ1) is 22.1. The van der Waals surface area contributed by atoms with Crippen LogP contribution in [0.2, 0.25) is 5.02 Å². The van der Waals surface area contributed by atoms with Crippen LogP contribution in [0, 0.1) is 6.92 Å². The number of carbonyl (C=O) groups is 1. The van der Waals surface area contributed by atoms with Crippen molar-refractivity contribution in [2.75, 3.05) is 13.7 Å². The van der Waals surface area contributed by atoms with Crippen molar-refractivity contribution >= 4 is 40.9 Å². The lowest BCUT2D eigenvalue weighted by Crippen LogP contribution is -2.31. The second-order valence-corrected chi connectivity index (χ2v) is 7.89. The van der Waals surface area contributed by atoms with Gasteiger partial charge in [-0.1, -0.05) is 31.0 Å². The van der Waals surface area contributed by atoms with Crippen LogP contribution in [0.25, 0.3) is 6.08 Å². The first-order valence-corrected chi connectivity index (χ1v) is 10.6. The number of halogens is 1. The Balaban J connectivity index is 1.79. The molecule has 1 saturated heterocycles. The summed E-state index contributed by atoms with van der Waals surface area (Å²) in [5.74, 6) is 1.38. The number of carbonyl (C=O) groups excluding carboxylic acids is 1. The molecule has 0 aromatic heterocycles. The van der Waals surface area contributed by atoms with Crippen molar-refractivity contribution in [3.63, 3.8) is 0 Å². The minimum atomic E-state index is -0.0983. The molecular formula is C23H25ClN2O3S. The molecule has 3 rings (SSSR count). The van der Waals surface area contributed by atoms with Gasteiger partial charge >= 0.3 is 0 Å². The van der Waals surface area contributed by atoms with Crippen molar-refractivity contribution in [1.82, 2.24) is 10.2 Å². The van der Waals surface area contributed by atoms with Gasteiger partial charge in [-0.05, 0) is 73.1 Å². The topological polar surface area (TPSA) is 50.8 Å². The number of ether oxygens (including phenoxy) is 2. The van der Waals surface area contributed by atoms with E-state index in [-0.39, 0.29) is 5.91 Å². The zero-order chi connectivity index (χ0) is 21.7. The van der Waals surface area contributed by atoms with Gasteiger partial charge < -0.3 is 14.8 Å². The highest BCUT2D eigenvalue weighted by Gasteiger charge is 2.29. The molecule has 0 radical (unpaired) electrons. The first-order valence-electron chi connectivity index (χ1n) is 9.83. The summed E-state index contributed by atoms with van der Waals surface area (Å²) < 4.78 is 11.4. The van der Waals surface area contributed by atoms with Gasteiger partial charge in [0, 0.05) is 17.1 Å². The Labute approximate surface area is 187 Å². The van der Waals surface area contributed by atoms with Gasteiger partial charge in [0.2, 0.25) is 0 Å². The number of nitrogens with zero attached hydrogens (tertiary/aromatic N) is 1. The predicted molar refractivity (Wildman–Crippen MR) is 124 cm³/mol. The number of hydrogen-bond donors (Lipinski definition) is 1. The maximum Gasteiger partial charge on any atom is 0.276 e. The zero-order valence-electron chi connectivity index (χ0n) is 17.3. The fourth-order valence-electron chi connectivity index (χ4n) is 3.19. The number of thiocarbonyl (C=S) groups is 1. The van der Waals surface area contributed by atoms with Gasteiger partial charge in [-0.25, -0.2) is 0 Å². The number of methoxy groups -OCH3 is 1. The number of benzene rings is 2. The SMILES string of the molecule is CCCCN1C(=O)/C(=C\c2ccc(OC)c(COc3ccc(Cl)cc3C)c2)NC1=S. The van der Waals surface area contributed by atoms with Crippen molar-refractivity contribution in [2.24, 2.45) is 0 Å². The molecule has 0 bridgehead atoms. The fraction of sp³-hybridized carbons (Fsp3) is 0.304. The average Bonchev–Trinajstić information content (AvgIpc) is 2.98. The van der Waals surface area contributed by atoms with Crippen molar-refractivity contribution in [2.45, 2.75) is 33.3 Å². The van der Waals surface area contributed by atoms with Gasteiger partial charge in [0.1, 0.15) is 23.8 Å². The molecule has 0 unspecified atom stereocenters. The van der Waals surface area contributed by atoms with Crippen LogP contribution in [0.1, 0.15) is 36.5 Å². The van der Waals surface area contributed by atoms with E-state index in [2.05, 4.69) is 12.2 Å². The minimum absolute atomic E-state index is 0.0983. The van der Waals surface area contributed by atoms with Crippen molar-refractivity contribution in [3.8, 4) is 11.5 Å². The van der Waals surface area contributed by atoms with Crippen molar-refractivity contribution in [3.05, 3.63) is 63.8 Å². The lowest BCUT2D eigenvalue weighted by atomic mass is 10.1. The highest BCUT2D eigenvalue weighted by atomic mass is 35.5. The molecule has 1 fully saturated rings. The molecule has 158 valence electrons. The Morgan fingerprint density at radius 3 is 2.67 bits per heavy atom. The maximum absolute atomic E-state index is 12.7. The van der Waals surface area contributed by atoms with E-state index < -0.39 is 0 Å². The molecule has 2 aromatic rings. The number of aryl methyl sites for hydroxylation is 1. The number of rotatable bonds is 8. The molecule has 1 heterocycles. The van der Waals surface area contributed by atoms with E-state index in [1.165, 1.54) is 0 Å². The summed E-state index contributed by atoms with van der Waals surface area (Å²) >= 11 is 11.3. The lowest BCUT2D eigenvalue weighted by molar-refractivity contribution is -0.122. The van der Waals surface area contributed by atoms with Crippen LogP contribution in [0.3, 0.4) is 0 Å². The quantitative estimate of drug-likeness (QED) is 0.453. The van der Waals surface area contributed by atoms with Crippen LogP contribution in [-0.4, -0.2) is 29.6 Å². The maximum atomic E-state index is 12.7. The highest BCUT2D eigenvalue weighted by Crippen LogP contribution is 2.27. The van der Waals surface area contributed by atoms with Gasteiger partial charge in [-0.15, -0.1) is 0 Å². The van der Waals surface area contributed by atoms with E-state index >= 15 is 0 Å². The van der Waals surface area contributed by atoms with Crippen LogP contribution >= 0.6 is 23.8 Å². The summed E-state index contributed by atoms with van der Waals surface area (Å²) in [6, 6.07) is 11.2. The average molecular weight is 445 g/mol. The molecule has 0 saturated carbocycles. The molecule has 0 spiro atoms. The number of amides is 1. The number of nitrogens with one attached hydrogen (secondary N) is 1. The smallest absolute Gasteiger partial charge is 0.276 e. The largest absolute Gasteiger partial charge is 0.496 e. The standard InChI is InChI=1S/C23H25ClN2O3S/c1-4-5-10-26-22(27)19(25-23(26)30)13-16-6-8-21(28-3)17(12-16)14-29-20-9-7-18(24)11-15(20)2/h6-9,11-13H,4-5,10,14H2,1-3H3,(H,25,30)/b19-13+. The van der Waals surface area contributed by atoms with E-state index in [0.29, 0.717) is 29.0 Å². The third kappa shape index (κ3) is 5.12. The minimum Gasteiger partial charge on any atom is -0.496 e. The number of unbranched alkanes of at least 4 members (excludes halogenated alkanes) is 1. The van der Waals surface area contributed by atoms with Gasteiger partial charge in [-0.3, -0.25) is 9.69 Å². The molecule has 7 heteroatoms. The zero-order valence-corrected chi connectivity index (χ0v) is 18.9. The van der Waals surface area contributed by atoms with Crippen molar-refractivity contribution in [1.29, 1.82) is 0 Å². The molecule has 0 atom stereocenters. The third-order valence-electron chi connectivity index (χ3n) is 4.83. The van der Waals surface area contributed by atoms with E-state index in [4.69, 9.17) is 33.3 Å². The Bertz CT molecular complexity index is 990. The Kier molecular flexibility index (Phi) is 7.34. The highest BCUT2D eigenvalue weighted by molar-refractivity contribution is 7.80. The van der Waals surface area contributed by atoms with Gasteiger partial charge in [0.05, 0.1) is 7.11 Å². The molecule has 1 aliphatic rings. The molecule has 1 N–H and O–H groups in total. The molecule has 0 aliphatic carbocycles. The molecule has 1 aliphatic heterocycles. The van der Waals surface area contributed by atoms with Crippen LogP contribution in [-0.2, 0) is 11.4 Å². The van der Waals surface area contributed by atoms with E-state index in [0.717, 1.165) is 41.0 Å².